The van der Waals surface area contributed by atoms with Crippen LogP contribution in [0.2, 0.25) is 0 Å². The third-order valence-electron chi connectivity index (χ3n) is 7.23. The first-order valence-electron chi connectivity index (χ1n) is 13.2. The molecular formula is C30H31F3N4O2. The highest BCUT2D eigenvalue weighted by atomic mass is 19.4. The number of ketones is 1. The molecule has 6 nitrogen and oxygen atoms in total. The molecule has 0 atom stereocenters. The largest absolute Gasteiger partial charge is 0.416 e. The number of carbonyl (C=O) groups is 2. The lowest BCUT2D eigenvalue weighted by Gasteiger charge is -2.17. The fraction of sp³-hybridized carbons (Fsp3) is 0.333. The molecule has 9 heteroatoms. The van der Waals surface area contributed by atoms with Gasteiger partial charge in [0.05, 0.1) is 11.3 Å². The van der Waals surface area contributed by atoms with Crippen LogP contribution in [0.4, 0.5) is 35.9 Å². The van der Waals surface area contributed by atoms with E-state index < -0.39 is 11.7 Å². The van der Waals surface area contributed by atoms with E-state index in [0.29, 0.717) is 40.0 Å². The van der Waals surface area contributed by atoms with E-state index in [4.69, 9.17) is 0 Å². The summed E-state index contributed by atoms with van der Waals surface area (Å²) in [6.07, 6.45) is -1.23. The van der Waals surface area contributed by atoms with Gasteiger partial charge in [-0.15, -0.1) is 0 Å². The van der Waals surface area contributed by atoms with E-state index in [2.05, 4.69) is 20.9 Å². The van der Waals surface area contributed by atoms with Gasteiger partial charge >= 0.3 is 6.18 Å². The van der Waals surface area contributed by atoms with E-state index in [1.807, 2.05) is 12.1 Å². The van der Waals surface area contributed by atoms with Crippen LogP contribution in [0.3, 0.4) is 0 Å². The van der Waals surface area contributed by atoms with Crippen LogP contribution in [0, 0.1) is 6.92 Å². The molecule has 2 aliphatic rings. The number of hydrogen-bond acceptors (Lipinski definition) is 5. The number of alkyl halides is 3. The summed E-state index contributed by atoms with van der Waals surface area (Å²) in [7, 11) is 0. The number of nitrogens with zero attached hydrogens (tertiary/aromatic N) is 1. The lowest BCUT2D eigenvalue weighted by molar-refractivity contribution is -0.137. The first-order valence-corrected chi connectivity index (χ1v) is 13.2. The second kappa shape index (κ2) is 11.1. The predicted octanol–water partition coefficient (Wildman–Crippen LogP) is 6.65. The van der Waals surface area contributed by atoms with Crippen molar-refractivity contribution in [3.63, 3.8) is 0 Å². The van der Waals surface area contributed by atoms with Crippen LogP contribution in [-0.2, 0) is 12.6 Å². The lowest BCUT2D eigenvalue weighted by Crippen LogP contribution is -2.25. The fourth-order valence-corrected chi connectivity index (χ4v) is 5.28. The van der Waals surface area contributed by atoms with Crippen molar-refractivity contribution in [1.29, 1.82) is 0 Å². The number of halogens is 3. The van der Waals surface area contributed by atoms with Crippen LogP contribution < -0.4 is 16.0 Å². The van der Waals surface area contributed by atoms with Crippen LogP contribution in [0.25, 0.3) is 0 Å². The highest BCUT2D eigenvalue weighted by Gasteiger charge is 2.31. The van der Waals surface area contributed by atoms with Crippen molar-refractivity contribution in [2.24, 2.45) is 0 Å². The summed E-state index contributed by atoms with van der Waals surface area (Å²) in [6.45, 7) is 5.72. The number of nitrogens with one attached hydrogen (secondary N) is 3. The van der Waals surface area contributed by atoms with E-state index in [1.165, 1.54) is 12.8 Å². The maximum Gasteiger partial charge on any atom is 0.416 e. The monoisotopic (exact) mass is 536 g/mol. The molecule has 1 heterocycles. The zero-order valence-corrected chi connectivity index (χ0v) is 21.8. The van der Waals surface area contributed by atoms with Crippen LogP contribution in [0.15, 0.2) is 54.6 Å². The second-order valence-corrected chi connectivity index (χ2v) is 10.2. The smallest absolute Gasteiger partial charge is 0.384 e. The zero-order valence-electron chi connectivity index (χ0n) is 21.8. The third-order valence-corrected chi connectivity index (χ3v) is 7.23. The molecule has 0 unspecified atom stereocenters. The summed E-state index contributed by atoms with van der Waals surface area (Å²) >= 11 is 0. The van der Waals surface area contributed by atoms with Gasteiger partial charge in [0.15, 0.2) is 5.78 Å². The molecule has 0 radical (unpaired) electrons. The molecule has 1 saturated heterocycles. The number of rotatable bonds is 8. The predicted molar refractivity (Wildman–Crippen MR) is 147 cm³/mol. The Morgan fingerprint density at radius 1 is 0.923 bits per heavy atom. The average Bonchev–Trinajstić information content (AvgIpc) is 3.55. The van der Waals surface area contributed by atoms with Gasteiger partial charge in [0.25, 0.3) is 5.91 Å². The zero-order chi connectivity index (χ0) is 27.6. The van der Waals surface area contributed by atoms with Crippen molar-refractivity contribution < 1.29 is 22.8 Å². The summed E-state index contributed by atoms with van der Waals surface area (Å²) in [5.41, 5.74) is 3.44. The van der Waals surface area contributed by atoms with Crippen molar-refractivity contribution in [1.82, 2.24) is 4.90 Å². The number of benzene rings is 3. The molecule has 5 rings (SSSR count). The summed E-state index contributed by atoms with van der Waals surface area (Å²) < 4.78 is 39.9. The Labute approximate surface area is 225 Å². The van der Waals surface area contributed by atoms with Crippen molar-refractivity contribution in [3.8, 4) is 0 Å². The quantitative estimate of drug-likeness (QED) is 0.301. The van der Waals surface area contributed by atoms with Crippen LogP contribution in [0.1, 0.15) is 56.7 Å². The van der Waals surface area contributed by atoms with Crippen molar-refractivity contribution in [2.75, 3.05) is 42.1 Å². The third kappa shape index (κ3) is 6.25. The lowest BCUT2D eigenvalue weighted by atomic mass is 10.0. The molecule has 3 aromatic carbocycles. The van der Waals surface area contributed by atoms with Crippen LogP contribution in [-0.4, -0.2) is 42.8 Å². The second-order valence-electron chi connectivity index (χ2n) is 10.2. The summed E-state index contributed by atoms with van der Waals surface area (Å²) in [6, 6.07) is 14.3. The fourth-order valence-electron chi connectivity index (χ4n) is 5.28. The Morgan fingerprint density at radius 2 is 1.64 bits per heavy atom. The van der Waals surface area contributed by atoms with Crippen molar-refractivity contribution >= 4 is 34.4 Å². The molecule has 1 aliphatic heterocycles. The molecule has 39 heavy (non-hydrogen) atoms. The van der Waals surface area contributed by atoms with Gasteiger partial charge in [-0.2, -0.15) is 13.2 Å². The van der Waals surface area contributed by atoms with Crippen LogP contribution in [0.5, 0.6) is 0 Å². The molecule has 0 bridgehead atoms. The maximum atomic E-state index is 13.3. The van der Waals surface area contributed by atoms with E-state index >= 15 is 0 Å². The van der Waals surface area contributed by atoms with Gasteiger partial charge in [0.1, 0.15) is 0 Å². The minimum atomic E-state index is -4.46. The Bertz CT molecular complexity index is 1380. The Morgan fingerprint density at radius 3 is 2.36 bits per heavy atom. The van der Waals surface area contributed by atoms with Crippen molar-refractivity contribution in [3.05, 3.63) is 82.4 Å². The van der Waals surface area contributed by atoms with Crippen molar-refractivity contribution in [2.45, 2.75) is 38.8 Å². The molecule has 1 aliphatic carbocycles. The standard InChI is InChI=1S/C30H31F3N4O2/c1-19-16-21(30(31,32)33)18-23(17-19)35-25-9-10-26(28-24(25)8-11-27(28)38)36-29(39)20-4-6-22(7-5-20)34-12-15-37-13-2-3-14-37/h4-7,9-10,16-18,34-35H,2-3,8,11-15H2,1H3,(H,36,39). The number of fused-ring (bicyclic) bond motifs is 1. The molecule has 3 aromatic rings. The summed E-state index contributed by atoms with van der Waals surface area (Å²) in [5, 5.41) is 9.29. The number of carbonyl (C=O) groups excluding carboxylic acids is 2. The molecular weight excluding hydrogens is 505 g/mol. The van der Waals surface area contributed by atoms with Gasteiger partial charge in [-0.05, 0) is 105 Å². The Balaban J connectivity index is 1.28. The van der Waals surface area contributed by atoms with E-state index in [9.17, 15) is 22.8 Å². The number of aryl methyl sites for hydroxylation is 1. The molecule has 1 fully saturated rings. The van der Waals surface area contributed by atoms with E-state index in [0.717, 1.165) is 44.0 Å². The Kier molecular flexibility index (Phi) is 7.61. The number of amides is 1. The topological polar surface area (TPSA) is 73.5 Å². The normalized spacial score (nSPS) is 15.3. The maximum absolute atomic E-state index is 13.3. The number of anilines is 4. The average molecular weight is 537 g/mol. The number of hydrogen-bond donors (Lipinski definition) is 3. The first-order chi connectivity index (χ1) is 18.7. The van der Waals surface area contributed by atoms with Gasteiger partial charge in [-0.1, -0.05) is 0 Å². The minimum Gasteiger partial charge on any atom is -0.384 e. The molecule has 0 spiro atoms. The van der Waals surface area contributed by atoms with Gasteiger partial charge < -0.3 is 20.9 Å². The van der Waals surface area contributed by atoms with Crippen LogP contribution >= 0.6 is 0 Å². The highest BCUT2D eigenvalue weighted by Crippen LogP contribution is 2.38. The Hall–Kier alpha value is -3.85. The molecule has 3 N–H and O–H groups in total. The molecule has 0 aromatic heterocycles. The molecule has 0 saturated carbocycles. The number of Topliss-reactive ketones (excluding diaryl/α,β-unsaturated/α-hetero) is 1. The van der Waals surface area contributed by atoms with Gasteiger partial charge in [0, 0.05) is 47.7 Å². The van der Waals surface area contributed by atoms with E-state index in [1.54, 1.807) is 37.3 Å². The SMILES string of the molecule is Cc1cc(Nc2ccc(NC(=O)c3ccc(NCCN4CCCC4)cc3)c3c2CCC3=O)cc(C(F)(F)F)c1. The minimum absolute atomic E-state index is 0.110. The van der Waals surface area contributed by atoms with Gasteiger partial charge in [0.2, 0.25) is 0 Å². The van der Waals surface area contributed by atoms with Gasteiger partial charge in [-0.25, -0.2) is 0 Å². The molecule has 1 amide bonds. The molecule has 204 valence electrons. The first kappa shape index (κ1) is 26.7. The van der Waals surface area contributed by atoms with E-state index in [-0.39, 0.29) is 23.8 Å². The highest BCUT2D eigenvalue weighted by molar-refractivity contribution is 6.12. The van der Waals surface area contributed by atoms with Gasteiger partial charge in [-0.3, -0.25) is 9.59 Å². The summed E-state index contributed by atoms with van der Waals surface area (Å²) in [4.78, 5) is 28.2. The summed E-state index contributed by atoms with van der Waals surface area (Å²) in [5.74, 6) is -0.448. The number of likely N-dealkylation sites (tertiary alicyclic amines) is 1.